The minimum atomic E-state index is 0.279. The number of aryl methyl sites for hydroxylation is 2. The molecule has 4 nitrogen and oxygen atoms in total. The van der Waals surface area contributed by atoms with Crippen LogP contribution >= 0.6 is 0 Å². The molecule has 0 amide bonds. The van der Waals surface area contributed by atoms with Crippen LogP contribution in [0.3, 0.4) is 0 Å². The predicted molar refractivity (Wildman–Crippen MR) is 63.6 cm³/mol. The highest BCUT2D eigenvalue weighted by Crippen LogP contribution is 2.22. The van der Waals surface area contributed by atoms with Gasteiger partial charge in [0, 0.05) is 37.4 Å². The third-order valence-electron chi connectivity index (χ3n) is 3.11. The number of anilines is 1. The number of aromatic nitrogens is 2. The first-order valence-electron chi connectivity index (χ1n) is 5.93. The average Bonchev–Trinajstić information content (AvgIpc) is 2.76. The zero-order chi connectivity index (χ0) is 11.5. The summed E-state index contributed by atoms with van der Waals surface area (Å²) >= 11 is 0. The van der Waals surface area contributed by atoms with E-state index < -0.39 is 0 Å². The molecule has 0 radical (unpaired) electrons. The van der Waals surface area contributed by atoms with Gasteiger partial charge in [0.25, 0.3) is 0 Å². The lowest BCUT2D eigenvalue weighted by molar-refractivity contribution is 0.238. The molecule has 1 N–H and O–H groups in total. The Labute approximate surface area is 96.3 Å². The quantitative estimate of drug-likeness (QED) is 0.832. The second-order valence-electron chi connectivity index (χ2n) is 4.40. The number of aliphatic hydroxyl groups excluding tert-OH is 1. The van der Waals surface area contributed by atoms with Crippen molar-refractivity contribution in [2.24, 2.45) is 5.92 Å². The van der Waals surface area contributed by atoms with Crippen molar-refractivity contribution in [1.29, 1.82) is 0 Å². The van der Waals surface area contributed by atoms with E-state index in [0.29, 0.717) is 5.92 Å². The van der Waals surface area contributed by atoms with Gasteiger partial charge in [0.05, 0.1) is 0 Å². The van der Waals surface area contributed by atoms with E-state index in [4.69, 9.17) is 5.11 Å². The molecule has 0 bridgehead atoms. The highest BCUT2D eigenvalue weighted by Gasteiger charge is 2.23. The second kappa shape index (κ2) is 4.78. The number of nitrogens with zero attached hydrogens (tertiary/aromatic N) is 3. The topological polar surface area (TPSA) is 49.2 Å². The van der Waals surface area contributed by atoms with E-state index in [1.165, 1.54) is 0 Å². The summed E-state index contributed by atoms with van der Waals surface area (Å²) in [5.74, 6) is 2.25. The van der Waals surface area contributed by atoms with E-state index in [9.17, 15) is 0 Å². The summed E-state index contributed by atoms with van der Waals surface area (Å²) in [6.45, 7) is 6.22. The van der Waals surface area contributed by atoms with Crippen LogP contribution in [0.1, 0.15) is 24.9 Å². The molecule has 4 heteroatoms. The Balaban J connectivity index is 2.17. The van der Waals surface area contributed by atoms with Gasteiger partial charge in [-0.15, -0.1) is 0 Å². The lowest BCUT2D eigenvalue weighted by Gasteiger charge is -2.18. The molecule has 1 saturated heterocycles. The van der Waals surface area contributed by atoms with E-state index in [1.807, 2.05) is 6.92 Å². The summed E-state index contributed by atoms with van der Waals surface area (Å²) in [7, 11) is 0. The normalized spacial score (nSPS) is 20.4. The monoisotopic (exact) mass is 221 g/mol. The number of hydrogen-bond acceptors (Lipinski definition) is 4. The fourth-order valence-corrected chi connectivity index (χ4v) is 2.15. The first-order chi connectivity index (χ1) is 7.72. The minimum absolute atomic E-state index is 0.279. The molecule has 0 aliphatic carbocycles. The minimum Gasteiger partial charge on any atom is -0.396 e. The van der Waals surface area contributed by atoms with Crippen molar-refractivity contribution in [1.82, 2.24) is 9.97 Å². The standard InChI is InChI=1S/C12H19N3O/c1-3-11-6-12(14-9(2)13-11)15-5-4-10(7-15)8-16/h6,10,16H,3-5,7-8H2,1-2H3. The van der Waals surface area contributed by atoms with E-state index in [1.54, 1.807) is 0 Å². The molecule has 88 valence electrons. The molecule has 16 heavy (non-hydrogen) atoms. The highest BCUT2D eigenvalue weighted by atomic mass is 16.3. The van der Waals surface area contributed by atoms with Crippen LogP contribution in [-0.2, 0) is 6.42 Å². The van der Waals surface area contributed by atoms with E-state index in [0.717, 1.165) is 43.3 Å². The number of rotatable bonds is 3. The van der Waals surface area contributed by atoms with Crippen LogP contribution in [0.2, 0.25) is 0 Å². The van der Waals surface area contributed by atoms with Gasteiger partial charge in [-0.2, -0.15) is 0 Å². The van der Waals surface area contributed by atoms with Crippen LogP contribution in [-0.4, -0.2) is 34.8 Å². The van der Waals surface area contributed by atoms with Gasteiger partial charge in [-0.3, -0.25) is 0 Å². The zero-order valence-electron chi connectivity index (χ0n) is 9.98. The van der Waals surface area contributed by atoms with Crippen LogP contribution in [0, 0.1) is 12.8 Å². The molecule has 1 aromatic heterocycles. The van der Waals surface area contributed by atoms with Crippen molar-refractivity contribution in [3.63, 3.8) is 0 Å². The maximum atomic E-state index is 9.13. The Morgan fingerprint density at radius 3 is 2.94 bits per heavy atom. The van der Waals surface area contributed by atoms with Crippen molar-refractivity contribution in [2.45, 2.75) is 26.7 Å². The van der Waals surface area contributed by atoms with Gasteiger partial charge >= 0.3 is 0 Å². The Kier molecular flexibility index (Phi) is 3.39. The zero-order valence-corrected chi connectivity index (χ0v) is 9.98. The predicted octanol–water partition coefficient (Wildman–Crippen LogP) is 1.17. The maximum absolute atomic E-state index is 9.13. The van der Waals surface area contributed by atoms with Crippen LogP contribution < -0.4 is 4.90 Å². The SMILES string of the molecule is CCc1cc(N2CCC(CO)C2)nc(C)n1. The Morgan fingerprint density at radius 1 is 1.50 bits per heavy atom. The van der Waals surface area contributed by atoms with Crippen molar-refractivity contribution in [2.75, 3.05) is 24.6 Å². The average molecular weight is 221 g/mol. The molecule has 1 fully saturated rings. The lowest BCUT2D eigenvalue weighted by atomic mass is 10.1. The van der Waals surface area contributed by atoms with Gasteiger partial charge in [-0.1, -0.05) is 6.92 Å². The maximum Gasteiger partial charge on any atom is 0.132 e. The molecule has 0 saturated carbocycles. The summed E-state index contributed by atoms with van der Waals surface area (Å²) in [6, 6.07) is 2.06. The molecule has 0 aromatic carbocycles. The molecule has 1 atom stereocenters. The molecule has 1 aliphatic heterocycles. The van der Waals surface area contributed by atoms with E-state index in [-0.39, 0.29) is 6.61 Å². The number of hydrogen-bond donors (Lipinski definition) is 1. The van der Waals surface area contributed by atoms with Gasteiger partial charge in [0.15, 0.2) is 0 Å². The van der Waals surface area contributed by atoms with E-state index >= 15 is 0 Å². The van der Waals surface area contributed by atoms with Crippen molar-refractivity contribution < 1.29 is 5.11 Å². The van der Waals surface area contributed by atoms with Crippen molar-refractivity contribution in [3.05, 3.63) is 17.6 Å². The van der Waals surface area contributed by atoms with Crippen LogP contribution in [0.25, 0.3) is 0 Å². The molecule has 0 spiro atoms. The molecule has 1 aliphatic rings. The fraction of sp³-hybridized carbons (Fsp3) is 0.667. The first-order valence-corrected chi connectivity index (χ1v) is 5.93. The van der Waals surface area contributed by atoms with Crippen LogP contribution in [0.5, 0.6) is 0 Å². The van der Waals surface area contributed by atoms with Crippen molar-refractivity contribution >= 4 is 5.82 Å². The summed E-state index contributed by atoms with van der Waals surface area (Å²) < 4.78 is 0. The molecule has 2 rings (SSSR count). The lowest BCUT2D eigenvalue weighted by Crippen LogP contribution is -2.22. The van der Waals surface area contributed by atoms with Gasteiger partial charge in [0.2, 0.25) is 0 Å². The van der Waals surface area contributed by atoms with Gasteiger partial charge in [0.1, 0.15) is 11.6 Å². The molecular formula is C12H19N3O. The van der Waals surface area contributed by atoms with E-state index in [2.05, 4.69) is 27.9 Å². The summed E-state index contributed by atoms with van der Waals surface area (Å²) in [4.78, 5) is 11.1. The van der Waals surface area contributed by atoms with Gasteiger partial charge < -0.3 is 10.0 Å². The van der Waals surface area contributed by atoms with Crippen molar-refractivity contribution in [3.8, 4) is 0 Å². The van der Waals surface area contributed by atoms with Crippen LogP contribution in [0.4, 0.5) is 5.82 Å². The molecule has 1 aromatic rings. The Hall–Kier alpha value is -1.16. The summed E-state index contributed by atoms with van der Waals surface area (Å²) in [5.41, 5.74) is 1.09. The third-order valence-corrected chi connectivity index (χ3v) is 3.11. The van der Waals surface area contributed by atoms with Gasteiger partial charge in [-0.05, 0) is 19.8 Å². The molecule has 1 unspecified atom stereocenters. The summed E-state index contributed by atoms with van der Waals surface area (Å²) in [5, 5.41) is 9.13. The fourth-order valence-electron chi connectivity index (χ4n) is 2.15. The largest absolute Gasteiger partial charge is 0.396 e. The first kappa shape index (κ1) is 11.3. The molecular weight excluding hydrogens is 202 g/mol. The van der Waals surface area contributed by atoms with Crippen LogP contribution in [0.15, 0.2) is 6.07 Å². The Bertz CT molecular complexity index is 367. The number of aliphatic hydroxyl groups is 1. The van der Waals surface area contributed by atoms with Gasteiger partial charge in [-0.25, -0.2) is 9.97 Å². The molecule has 2 heterocycles. The summed E-state index contributed by atoms with van der Waals surface area (Å²) in [6.07, 6.45) is 1.99. The smallest absolute Gasteiger partial charge is 0.132 e. The third kappa shape index (κ3) is 2.32. The highest BCUT2D eigenvalue weighted by molar-refractivity contribution is 5.41. The Morgan fingerprint density at radius 2 is 2.31 bits per heavy atom. The second-order valence-corrected chi connectivity index (χ2v) is 4.40.